The molecule has 1 aliphatic rings. The topological polar surface area (TPSA) is 90.9 Å². The van der Waals surface area contributed by atoms with Crippen molar-refractivity contribution < 1.29 is 14.4 Å². The normalized spacial score (nSPS) is 14.1. The van der Waals surface area contributed by atoms with Crippen LogP contribution in [0, 0.1) is 0 Å². The minimum atomic E-state index is -0.384. The van der Waals surface area contributed by atoms with Crippen LogP contribution < -0.4 is 10.6 Å². The van der Waals surface area contributed by atoms with Gasteiger partial charge >= 0.3 is 0 Å². The van der Waals surface area contributed by atoms with Crippen LogP contribution in [0.15, 0.2) is 23.3 Å². The molecule has 0 unspecified atom stereocenters. The maximum absolute atomic E-state index is 12.3. The maximum Gasteiger partial charge on any atom is 0.271 e. The lowest BCUT2D eigenvalue weighted by atomic mass is 10.1. The molecule has 0 saturated carbocycles. The summed E-state index contributed by atoms with van der Waals surface area (Å²) in [5, 5.41) is 11.1. The molecule has 0 saturated heterocycles. The summed E-state index contributed by atoms with van der Waals surface area (Å²) in [7, 11) is 0. The fourth-order valence-electron chi connectivity index (χ4n) is 2.33. The molecule has 134 valence electrons. The predicted octanol–water partition coefficient (Wildman–Crippen LogP) is 2.42. The summed E-state index contributed by atoms with van der Waals surface area (Å²) >= 11 is 6.14. The highest BCUT2D eigenvalue weighted by Crippen LogP contribution is 2.21. The number of hydrazone groups is 1. The Balaban J connectivity index is 2.08. The summed E-state index contributed by atoms with van der Waals surface area (Å²) in [5.74, 6) is -0.728. The van der Waals surface area contributed by atoms with E-state index in [0.717, 1.165) is 6.42 Å². The number of nitrogens with zero attached hydrogens (tertiary/aromatic N) is 2. The van der Waals surface area contributed by atoms with Crippen LogP contribution in [0.2, 0.25) is 5.02 Å². The summed E-state index contributed by atoms with van der Waals surface area (Å²) in [6, 6.07) is 4.69. The molecule has 0 aromatic heterocycles. The van der Waals surface area contributed by atoms with Gasteiger partial charge in [0.25, 0.3) is 11.8 Å². The quantitative estimate of drug-likeness (QED) is 0.812. The molecule has 25 heavy (non-hydrogen) atoms. The van der Waals surface area contributed by atoms with Crippen molar-refractivity contribution in [3.63, 3.8) is 0 Å². The fraction of sp³-hybridized carbons (Fsp3) is 0.412. The number of benzene rings is 1. The second kappa shape index (κ2) is 8.62. The van der Waals surface area contributed by atoms with E-state index in [1.165, 1.54) is 11.1 Å². The maximum atomic E-state index is 12.3. The highest BCUT2D eigenvalue weighted by Gasteiger charge is 2.23. The zero-order chi connectivity index (χ0) is 18.4. The molecule has 1 heterocycles. The first-order chi connectivity index (χ1) is 12.0. The Kier molecular flexibility index (Phi) is 6.52. The highest BCUT2D eigenvalue weighted by molar-refractivity contribution is 6.43. The average Bonchev–Trinajstić information content (AvgIpc) is 2.60. The summed E-state index contributed by atoms with van der Waals surface area (Å²) < 4.78 is 0. The molecule has 0 aliphatic carbocycles. The van der Waals surface area contributed by atoms with Gasteiger partial charge in [-0.2, -0.15) is 5.10 Å². The molecule has 1 aromatic rings. The zero-order valence-corrected chi connectivity index (χ0v) is 15.0. The lowest BCUT2D eigenvalue weighted by Gasteiger charge is -2.21. The first-order valence-electron chi connectivity index (χ1n) is 8.23. The van der Waals surface area contributed by atoms with Gasteiger partial charge in [-0.1, -0.05) is 18.5 Å². The van der Waals surface area contributed by atoms with Crippen LogP contribution in [-0.4, -0.2) is 41.5 Å². The largest absolute Gasteiger partial charge is 0.352 e. The smallest absolute Gasteiger partial charge is 0.271 e. The van der Waals surface area contributed by atoms with Crippen molar-refractivity contribution in [2.75, 3.05) is 18.4 Å². The number of carbonyl (C=O) groups excluding carboxylic acids is 3. The van der Waals surface area contributed by atoms with Crippen molar-refractivity contribution in [2.45, 2.75) is 33.1 Å². The molecule has 0 radical (unpaired) electrons. The molecule has 2 rings (SSSR count). The van der Waals surface area contributed by atoms with Gasteiger partial charge in [0.05, 0.1) is 10.6 Å². The number of rotatable bonds is 6. The van der Waals surface area contributed by atoms with Gasteiger partial charge in [0, 0.05) is 31.6 Å². The molecule has 7 nitrogen and oxygen atoms in total. The van der Waals surface area contributed by atoms with Crippen molar-refractivity contribution in [3.8, 4) is 0 Å². The van der Waals surface area contributed by atoms with E-state index in [1.807, 2.05) is 6.92 Å². The van der Waals surface area contributed by atoms with E-state index in [1.54, 1.807) is 19.1 Å². The Morgan fingerprint density at radius 1 is 1.24 bits per heavy atom. The van der Waals surface area contributed by atoms with Crippen molar-refractivity contribution in [1.82, 2.24) is 10.3 Å². The van der Waals surface area contributed by atoms with Crippen LogP contribution in [0.1, 0.15) is 43.5 Å². The van der Waals surface area contributed by atoms with Crippen LogP contribution in [0.25, 0.3) is 0 Å². The van der Waals surface area contributed by atoms with Gasteiger partial charge in [-0.05, 0) is 31.5 Å². The number of amides is 3. The van der Waals surface area contributed by atoms with Crippen molar-refractivity contribution in [2.24, 2.45) is 5.10 Å². The average molecular weight is 365 g/mol. The predicted molar refractivity (Wildman–Crippen MR) is 96.8 cm³/mol. The standard InChI is InChI=1S/C17H21ClN4O3/c1-3-9-19-16(24)12-6-5-11(10-13(12)18)20-17(25)14-7-8-15(23)22(4-2)21-14/h5-6,10H,3-4,7-9H2,1-2H3,(H,19,24)(H,20,25). The number of hydrogen-bond acceptors (Lipinski definition) is 4. The Hall–Kier alpha value is -2.41. The zero-order valence-electron chi connectivity index (χ0n) is 14.3. The molecular weight excluding hydrogens is 344 g/mol. The van der Waals surface area contributed by atoms with E-state index < -0.39 is 0 Å². The van der Waals surface area contributed by atoms with Crippen LogP contribution in [0.4, 0.5) is 5.69 Å². The summed E-state index contributed by atoms with van der Waals surface area (Å²) in [5.41, 5.74) is 1.11. The third-order valence-corrected chi connectivity index (χ3v) is 3.99. The third-order valence-electron chi connectivity index (χ3n) is 3.67. The van der Waals surface area contributed by atoms with E-state index >= 15 is 0 Å². The minimum absolute atomic E-state index is 0.0930. The van der Waals surface area contributed by atoms with Gasteiger partial charge in [-0.25, -0.2) is 5.01 Å². The molecule has 0 fully saturated rings. The van der Waals surface area contributed by atoms with Gasteiger partial charge in [0.15, 0.2) is 0 Å². The van der Waals surface area contributed by atoms with Gasteiger partial charge in [-0.3, -0.25) is 14.4 Å². The Morgan fingerprint density at radius 3 is 2.64 bits per heavy atom. The van der Waals surface area contributed by atoms with E-state index in [0.29, 0.717) is 36.5 Å². The Bertz CT molecular complexity index is 718. The van der Waals surface area contributed by atoms with Crippen LogP contribution in [-0.2, 0) is 9.59 Å². The number of carbonyl (C=O) groups is 3. The SMILES string of the molecule is CCCNC(=O)c1ccc(NC(=O)C2=NN(CC)C(=O)CC2)cc1Cl. The third kappa shape index (κ3) is 4.79. The molecule has 3 amide bonds. The van der Waals surface area contributed by atoms with Crippen molar-refractivity contribution >= 4 is 40.7 Å². The van der Waals surface area contributed by atoms with E-state index in [-0.39, 0.29) is 29.2 Å². The molecule has 1 aliphatic heterocycles. The monoisotopic (exact) mass is 364 g/mol. The second-order valence-corrected chi connectivity index (χ2v) is 5.97. The lowest BCUT2D eigenvalue weighted by Crippen LogP contribution is -2.36. The van der Waals surface area contributed by atoms with E-state index in [4.69, 9.17) is 11.6 Å². The van der Waals surface area contributed by atoms with Gasteiger partial charge < -0.3 is 10.6 Å². The Morgan fingerprint density at radius 2 is 2.00 bits per heavy atom. The molecular formula is C17H21ClN4O3. The molecule has 0 spiro atoms. The Labute approximate surface area is 151 Å². The van der Waals surface area contributed by atoms with Crippen molar-refractivity contribution in [3.05, 3.63) is 28.8 Å². The van der Waals surface area contributed by atoms with Gasteiger partial charge in [0.1, 0.15) is 5.71 Å². The summed E-state index contributed by atoms with van der Waals surface area (Å²) in [6.07, 6.45) is 1.39. The van der Waals surface area contributed by atoms with Gasteiger partial charge in [-0.15, -0.1) is 0 Å². The fourth-order valence-corrected chi connectivity index (χ4v) is 2.59. The molecule has 8 heteroatoms. The first-order valence-corrected chi connectivity index (χ1v) is 8.61. The lowest BCUT2D eigenvalue weighted by molar-refractivity contribution is -0.131. The molecule has 2 N–H and O–H groups in total. The van der Waals surface area contributed by atoms with Crippen LogP contribution >= 0.6 is 11.6 Å². The number of anilines is 1. The number of halogens is 1. The van der Waals surface area contributed by atoms with E-state index in [2.05, 4.69) is 15.7 Å². The second-order valence-electron chi connectivity index (χ2n) is 5.56. The number of nitrogens with one attached hydrogen (secondary N) is 2. The molecule has 0 atom stereocenters. The number of hydrogen-bond donors (Lipinski definition) is 2. The van der Waals surface area contributed by atoms with E-state index in [9.17, 15) is 14.4 Å². The summed E-state index contributed by atoms with van der Waals surface area (Å²) in [6.45, 7) is 4.75. The van der Waals surface area contributed by atoms with Crippen LogP contribution in [0.5, 0.6) is 0 Å². The van der Waals surface area contributed by atoms with Crippen molar-refractivity contribution in [1.29, 1.82) is 0 Å². The minimum Gasteiger partial charge on any atom is -0.352 e. The first kappa shape index (κ1) is 18.9. The highest BCUT2D eigenvalue weighted by atomic mass is 35.5. The van der Waals surface area contributed by atoms with Crippen LogP contribution in [0.3, 0.4) is 0 Å². The molecule has 1 aromatic carbocycles. The summed E-state index contributed by atoms with van der Waals surface area (Å²) in [4.78, 5) is 35.9. The van der Waals surface area contributed by atoms with Gasteiger partial charge in [0.2, 0.25) is 5.91 Å². The molecule has 0 bridgehead atoms.